The molecule has 0 aliphatic rings. The van der Waals surface area contributed by atoms with Crippen LogP contribution in [0.4, 0.5) is 10.2 Å². The predicted molar refractivity (Wildman–Crippen MR) is 68.3 cm³/mol. The van der Waals surface area contributed by atoms with E-state index in [9.17, 15) is 4.39 Å². The lowest BCUT2D eigenvalue weighted by molar-refractivity contribution is 0.636. The number of hydrogen-bond donors (Lipinski definition) is 1. The molecule has 0 atom stereocenters. The Morgan fingerprint density at radius 2 is 2.19 bits per heavy atom. The van der Waals surface area contributed by atoms with Crippen LogP contribution in [-0.4, -0.2) is 11.5 Å². The van der Waals surface area contributed by atoms with Crippen molar-refractivity contribution < 1.29 is 4.39 Å². The summed E-state index contributed by atoms with van der Waals surface area (Å²) in [4.78, 5) is 4.31. The maximum absolute atomic E-state index is 13.6. The van der Waals surface area contributed by atoms with Gasteiger partial charge in [-0.2, -0.15) is 0 Å². The molecular weight excluding hydrogens is 271 g/mol. The van der Waals surface area contributed by atoms with E-state index < -0.39 is 0 Å². The monoisotopic (exact) mass is 282 g/mol. The molecule has 1 heterocycles. The van der Waals surface area contributed by atoms with Gasteiger partial charge in [-0.05, 0) is 37.6 Å². The summed E-state index contributed by atoms with van der Waals surface area (Å²) in [5.41, 5.74) is 1.41. The van der Waals surface area contributed by atoms with Crippen LogP contribution in [0.15, 0.2) is 22.7 Å². The molecule has 0 saturated heterocycles. The van der Waals surface area contributed by atoms with Gasteiger partial charge >= 0.3 is 0 Å². The quantitative estimate of drug-likeness (QED) is 0.904. The second-order valence-corrected chi connectivity index (χ2v) is 4.46. The lowest BCUT2D eigenvalue weighted by Gasteiger charge is -2.09. The molecule has 4 heteroatoms. The third kappa shape index (κ3) is 1.89. The lowest BCUT2D eigenvalue weighted by atomic mass is 10.1. The van der Waals surface area contributed by atoms with Gasteiger partial charge in [0.25, 0.3) is 0 Å². The molecule has 0 amide bonds. The summed E-state index contributed by atoms with van der Waals surface area (Å²) in [6, 6.07) is 5.06. The summed E-state index contributed by atoms with van der Waals surface area (Å²) in [5.74, 6) is 0.448. The van der Waals surface area contributed by atoms with E-state index in [4.69, 9.17) is 0 Å². The topological polar surface area (TPSA) is 24.9 Å². The van der Waals surface area contributed by atoms with Gasteiger partial charge in [-0.15, -0.1) is 0 Å². The Bertz CT molecular complexity index is 540. The third-order valence-electron chi connectivity index (χ3n) is 2.42. The van der Waals surface area contributed by atoms with E-state index in [1.165, 1.54) is 6.07 Å². The molecule has 2 nitrogen and oxygen atoms in total. The molecule has 0 aliphatic heterocycles. The molecule has 2 rings (SSSR count). The van der Waals surface area contributed by atoms with Crippen LogP contribution in [0.3, 0.4) is 0 Å². The van der Waals surface area contributed by atoms with Gasteiger partial charge in [0.15, 0.2) is 0 Å². The number of nitrogens with one attached hydrogen (secondary N) is 1. The molecule has 2 aromatic rings. The van der Waals surface area contributed by atoms with E-state index in [0.717, 1.165) is 27.8 Å². The van der Waals surface area contributed by atoms with Crippen LogP contribution in [0.25, 0.3) is 10.9 Å². The minimum Gasteiger partial charge on any atom is -0.370 e. The van der Waals surface area contributed by atoms with E-state index in [2.05, 4.69) is 26.2 Å². The largest absolute Gasteiger partial charge is 0.370 e. The molecule has 0 spiro atoms. The number of fused-ring (bicyclic) bond motifs is 1. The number of benzene rings is 1. The van der Waals surface area contributed by atoms with Gasteiger partial charge < -0.3 is 5.32 Å². The van der Waals surface area contributed by atoms with Gasteiger partial charge in [-0.25, -0.2) is 9.37 Å². The van der Waals surface area contributed by atoms with Crippen LogP contribution in [0.1, 0.15) is 12.5 Å². The van der Waals surface area contributed by atoms with Crippen molar-refractivity contribution in [2.24, 2.45) is 0 Å². The van der Waals surface area contributed by atoms with Crippen molar-refractivity contribution in [2.45, 2.75) is 13.8 Å². The fourth-order valence-corrected chi connectivity index (χ4v) is 2.07. The first-order chi connectivity index (χ1) is 7.63. The molecule has 0 saturated carbocycles. The number of anilines is 1. The molecule has 0 radical (unpaired) electrons. The van der Waals surface area contributed by atoms with Gasteiger partial charge in [-0.1, -0.05) is 15.9 Å². The second kappa shape index (κ2) is 4.37. The number of pyridine rings is 1. The fourth-order valence-electron chi connectivity index (χ4n) is 1.64. The van der Waals surface area contributed by atoms with Crippen LogP contribution in [0.5, 0.6) is 0 Å². The molecule has 1 aromatic heterocycles. The molecule has 0 unspecified atom stereocenters. The zero-order valence-electron chi connectivity index (χ0n) is 9.14. The highest BCUT2D eigenvalue weighted by Gasteiger charge is 2.09. The number of halogens is 2. The van der Waals surface area contributed by atoms with E-state index in [1.807, 2.05) is 19.9 Å². The highest BCUT2D eigenvalue weighted by atomic mass is 79.9. The maximum Gasteiger partial charge on any atom is 0.149 e. The minimum atomic E-state index is -0.294. The molecule has 0 bridgehead atoms. The lowest BCUT2D eigenvalue weighted by Crippen LogP contribution is -2.02. The van der Waals surface area contributed by atoms with Gasteiger partial charge in [0.1, 0.15) is 17.2 Å². The van der Waals surface area contributed by atoms with Crippen LogP contribution in [0, 0.1) is 12.7 Å². The predicted octanol–water partition coefficient (Wildman–Crippen LogP) is 3.88. The summed E-state index contributed by atoms with van der Waals surface area (Å²) in [6.45, 7) is 4.72. The zero-order chi connectivity index (χ0) is 11.7. The summed E-state index contributed by atoms with van der Waals surface area (Å²) in [6.07, 6.45) is 0. The Morgan fingerprint density at radius 1 is 1.44 bits per heavy atom. The average molecular weight is 283 g/mol. The van der Waals surface area contributed by atoms with Crippen LogP contribution in [-0.2, 0) is 0 Å². The van der Waals surface area contributed by atoms with Gasteiger partial charge in [0, 0.05) is 16.4 Å². The Kier molecular flexibility index (Phi) is 3.10. The maximum atomic E-state index is 13.6. The fraction of sp³-hybridized carbons (Fsp3) is 0.250. The van der Waals surface area contributed by atoms with Crippen molar-refractivity contribution in [1.29, 1.82) is 0 Å². The number of rotatable bonds is 2. The molecule has 16 heavy (non-hydrogen) atoms. The molecule has 0 fully saturated rings. The van der Waals surface area contributed by atoms with Crippen molar-refractivity contribution >= 4 is 32.7 Å². The SMILES string of the molecule is CCNc1nc2c(F)ccc(Br)c2cc1C. The number of aryl methyl sites for hydroxylation is 1. The number of nitrogens with zero attached hydrogens (tertiary/aromatic N) is 1. The van der Waals surface area contributed by atoms with Crippen molar-refractivity contribution in [3.63, 3.8) is 0 Å². The van der Waals surface area contributed by atoms with E-state index in [-0.39, 0.29) is 5.82 Å². The summed E-state index contributed by atoms with van der Waals surface area (Å²) in [5, 5.41) is 3.93. The van der Waals surface area contributed by atoms with Gasteiger partial charge in [0.2, 0.25) is 0 Å². The Labute approximate surface area is 102 Å². The standard InChI is InChI=1S/C12H12BrFN2/c1-3-15-12-7(2)6-8-9(13)4-5-10(14)11(8)16-12/h4-6H,3H2,1-2H3,(H,15,16). The average Bonchev–Trinajstić information content (AvgIpc) is 2.26. The molecule has 1 aromatic carbocycles. The molecule has 84 valence electrons. The van der Waals surface area contributed by atoms with Crippen molar-refractivity contribution in [2.75, 3.05) is 11.9 Å². The zero-order valence-corrected chi connectivity index (χ0v) is 10.7. The Balaban J connectivity index is 2.73. The first-order valence-electron chi connectivity index (χ1n) is 5.12. The van der Waals surface area contributed by atoms with Crippen LogP contribution in [0.2, 0.25) is 0 Å². The van der Waals surface area contributed by atoms with Crippen molar-refractivity contribution in [3.8, 4) is 0 Å². The van der Waals surface area contributed by atoms with E-state index >= 15 is 0 Å². The molecule has 0 aliphatic carbocycles. The minimum absolute atomic E-state index is 0.294. The number of aromatic nitrogens is 1. The summed E-state index contributed by atoms with van der Waals surface area (Å²) < 4.78 is 14.5. The molecule has 1 N–H and O–H groups in total. The van der Waals surface area contributed by atoms with Crippen molar-refractivity contribution in [1.82, 2.24) is 4.98 Å². The van der Waals surface area contributed by atoms with Crippen molar-refractivity contribution in [3.05, 3.63) is 34.1 Å². The van der Waals surface area contributed by atoms with Gasteiger partial charge in [-0.3, -0.25) is 0 Å². The summed E-state index contributed by atoms with van der Waals surface area (Å²) >= 11 is 3.40. The second-order valence-electron chi connectivity index (χ2n) is 3.61. The van der Waals surface area contributed by atoms with E-state index in [0.29, 0.717) is 5.52 Å². The molecular formula is C12H12BrFN2. The first-order valence-corrected chi connectivity index (χ1v) is 5.92. The number of hydrogen-bond acceptors (Lipinski definition) is 2. The first kappa shape index (κ1) is 11.3. The summed E-state index contributed by atoms with van der Waals surface area (Å²) in [7, 11) is 0. The Hall–Kier alpha value is -1.16. The smallest absolute Gasteiger partial charge is 0.149 e. The van der Waals surface area contributed by atoms with Crippen LogP contribution >= 0.6 is 15.9 Å². The van der Waals surface area contributed by atoms with Crippen LogP contribution < -0.4 is 5.32 Å². The Morgan fingerprint density at radius 3 is 2.88 bits per heavy atom. The van der Waals surface area contributed by atoms with Gasteiger partial charge in [0.05, 0.1) is 0 Å². The highest BCUT2D eigenvalue weighted by molar-refractivity contribution is 9.10. The van der Waals surface area contributed by atoms with E-state index in [1.54, 1.807) is 6.07 Å². The third-order valence-corrected chi connectivity index (χ3v) is 3.11. The normalized spacial score (nSPS) is 10.8. The highest BCUT2D eigenvalue weighted by Crippen LogP contribution is 2.28.